The zero-order valence-corrected chi connectivity index (χ0v) is 11.6. The summed E-state index contributed by atoms with van der Waals surface area (Å²) in [4.78, 5) is 4.60. The summed E-state index contributed by atoms with van der Waals surface area (Å²) in [5.41, 5.74) is 2.06. The Labute approximate surface area is 116 Å². The van der Waals surface area contributed by atoms with E-state index in [4.69, 9.17) is 9.47 Å². The van der Waals surface area contributed by atoms with Crippen LogP contribution in [0.2, 0.25) is 0 Å². The molecule has 3 rings (SSSR count). The number of benzene rings is 1. The fraction of sp³-hybridized carbons (Fsp3) is 0.357. The molecule has 0 saturated carbocycles. The highest BCUT2D eigenvalue weighted by molar-refractivity contribution is 7.09. The van der Waals surface area contributed by atoms with Gasteiger partial charge in [-0.1, -0.05) is 0 Å². The van der Waals surface area contributed by atoms with Crippen LogP contribution in [0.4, 0.5) is 0 Å². The van der Waals surface area contributed by atoms with Crippen LogP contribution in [0.25, 0.3) is 11.3 Å². The summed E-state index contributed by atoms with van der Waals surface area (Å²) < 4.78 is 11.3. The Morgan fingerprint density at radius 2 is 2.11 bits per heavy atom. The smallest absolute Gasteiger partial charge is 0.161 e. The van der Waals surface area contributed by atoms with Gasteiger partial charge in [0.15, 0.2) is 11.5 Å². The molecule has 5 heteroatoms. The molecule has 0 saturated heterocycles. The molecular weight excluding hydrogens is 260 g/mol. The first-order chi connectivity index (χ1) is 9.36. The Kier molecular flexibility index (Phi) is 3.66. The minimum atomic E-state index is 0.707. The van der Waals surface area contributed by atoms with Crippen molar-refractivity contribution in [1.29, 1.82) is 0 Å². The lowest BCUT2D eigenvalue weighted by Crippen LogP contribution is -2.04. The maximum Gasteiger partial charge on any atom is 0.161 e. The van der Waals surface area contributed by atoms with Gasteiger partial charge in [-0.2, -0.15) is 0 Å². The summed E-state index contributed by atoms with van der Waals surface area (Å²) in [5.74, 6) is 1.64. The molecule has 2 heterocycles. The lowest BCUT2D eigenvalue weighted by atomic mass is 10.1. The van der Waals surface area contributed by atoms with Crippen molar-refractivity contribution in [2.45, 2.75) is 13.0 Å². The third kappa shape index (κ3) is 2.72. The van der Waals surface area contributed by atoms with E-state index in [2.05, 4.69) is 15.7 Å². The summed E-state index contributed by atoms with van der Waals surface area (Å²) in [6, 6.07) is 6.01. The van der Waals surface area contributed by atoms with Crippen LogP contribution >= 0.6 is 11.3 Å². The predicted molar refractivity (Wildman–Crippen MR) is 75.9 cm³/mol. The normalized spacial score (nSPS) is 14.2. The van der Waals surface area contributed by atoms with Gasteiger partial charge in [-0.05, 0) is 25.2 Å². The molecule has 0 aliphatic carbocycles. The summed E-state index contributed by atoms with van der Waals surface area (Å²) in [5, 5.41) is 6.27. The largest absolute Gasteiger partial charge is 0.490 e. The van der Waals surface area contributed by atoms with Gasteiger partial charge < -0.3 is 14.8 Å². The molecule has 0 fully saturated rings. The van der Waals surface area contributed by atoms with Gasteiger partial charge in [-0.25, -0.2) is 4.98 Å². The second kappa shape index (κ2) is 5.59. The lowest BCUT2D eigenvalue weighted by molar-refractivity contribution is 0.297. The third-order valence-corrected chi connectivity index (χ3v) is 3.77. The van der Waals surface area contributed by atoms with E-state index >= 15 is 0 Å². The van der Waals surface area contributed by atoms with Crippen molar-refractivity contribution in [3.05, 3.63) is 28.6 Å². The van der Waals surface area contributed by atoms with Crippen LogP contribution in [0.1, 0.15) is 11.4 Å². The van der Waals surface area contributed by atoms with Gasteiger partial charge in [0.25, 0.3) is 0 Å². The standard InChI is InChI=1S/C14H16N2O2S/c1-15-8-14-16-11(9-19-14)10-3-4-12-13(7-10)18-6-2-5-17-12/h3-4,7,9,15H,2,5-6,8H2,1H3. The first-order valence-electron chi connectivity index (χ1n) is 6.36. The highest BCUT2D eigenvalue weighted by atomic mass is 32.1. The molecule has 1 aliphatic heterocycles. The van der Waals surface area contributed by atoms with E-state index in [1.165, 1.54) is 0 Å². The van der Waals surface area contributed by atoms with Crippen molar-refractivity contribution < 1.29 is 9.47 Å². The number of nitrogens with one attached hydrogen (secondary N) is 1. The van der Waals surface area contributed by atoms with E-state index in [1.807, 2.05) is 25.2 Å². The molecule has 0 spiro atoms. The van der Waals surface area contributed by atoms with Gasteiger partial charge in [-0.3, -0.25) is 0 Å². The monoisotopic (exact) mass is 276 g/mol. The second-order valence-electron chi connectivity index (χ2n) is 4.37. The number of rotatable bonds is 3. The molecule has 4 nitrogen and oxygen atoms in total. The molecule has 100 valence electrons. The molecular formula is C14H16N2O2S. The zero-order chi connectivity index (χ0) is 13.1. The number of thiazole rings is 1. The number of hydrogen-bond acceptors (Lipinski definition) is 5. The fourth-order valence-corrected chi connectivity index (χ4v) is 2.81. The van der Waals surface area contributed by atoms with Crippen molar-refractivity contribution in [3.8, 4) is 22.8 Å². The fourth-order valence-electron chi connectivity index (χ4n) is 2.00. The average Bonchev–Trinajstić information content (AvgIpc) is 2.76. The Morgan fingerprint density at radius 3 is 2.95 bits per heavy atom. The molecule has 2 aromatic rings. The van der Waals surface area contributed by atoms with Crippen LogP contribution in [-0.2, 0) is 6.54 Å². The summed E-state index contributed by atoms with van der Waals surface area (Å²) >= 11 is 1.66. The van der Waals surface area contributed by atoms with Gasteiger partial charge in [0.1, 0.15) is 5.01 Å². The van der Waals surface area contributed by atoms with Gasteiger partial charge >= 0.3 is 0 Å². The molecule has 1 N–H and O–H groups in total. The van der Waals surface area contributed by atoms with Crippen LogP contribution in [0.5, 0.6) is 11.5 Å². The minimum absolute atomic E-state index is 0.707. The molecule has 0 unspecified atom stereocenters. The van der Waals surface area contributed by atoms with Crippen LogP contribution in [-0.4, -0.2) is 25.2 Å². The topological polar surface area (TPSA) is 43.4 Å². The van der Waals surface area contributed by atoms with E-state index in [0.717, 1.165) is 47.3 Å². The van der Waals surface area contributed by atoms with Crippen molar-refractivity contribution in [2.24, 2.45) is 0 Å². The predicted octanol–water partition coefficient (Wildman–Crippen LogP) is 2.69. The van der Waals surface area contributed by atoms with E-state index in [0.29, 0.717) is 6.61 Å². The van der Waals surface area contributed by atoms with E-state index in [1.54, 1.807) is 11.3 Å². The van der Waals surface area contributed by atoms with Crippen molar-refractivity contribution in [3.63, 3.8) is 0 Å². The van der Waals surface area contributed by atoms with Gasteiger partial charge in [0.2, 0.25) is 0 Å². The summed E-state index contributed by atoms with van der Waals surface area (Å²) in [6.45, 7) is 2.23. The summed E-state index contributed by atoms with van der Waals surface area (Å²) in [6.07, 6.45) is 0.924. The molecule has 0 atom stereocenters. The first-order valence-corrected chi connectivity index (χ1v) is 7.24. The molecule has 19 heavy (non-hydrogen) atoms. The SMILES string of the molecule is CNCc1nc(-c2ccc3c(c2)OCCCO3)cs1. The third-order valence-electron chi connectivity index (χ3n) is 2.92. The van der Waals surface area contributed by atoms with Gasteiger partial charge in [0.05, 0.1) is 18.9 Å². The Morgan fingerprint density at radius 1 is 1.26 bits per heavy atom. The van der Waals surface area contributed by atoms with Crippen molar-refractivity contribution in [2.75, 3.05) is 20.3 Å². The maximum atomic E-state index is 5.70. The van der Waals surface area contributed by atoms with Crippen LogP contribution in [0.15, 0.2) is 23.6 Å². The van der Waals surface area contributed by atoms with Crippen molar-refractivity contribution >= 4 is 11.3 Å². The number of fused-ring (bicyclic) bond motifs is 1. The Bertz CT molecular complexity index is 568. The Balaban J connectivity index is 1.89. The van der Waals surface area contributed by atoms with E-state index < -0.39 is 0 Å². The van der Waals surface area contributed by atoms with Crippen molar-refractivity contribution in [1.82, 2.24) is 10.3 Å². The molecule has 0 amide bonds. The number of nitrogens with zero attached hydrogens (tertiary/aromatic N) is 1. The minimum Gasteiger partial charge on any atom is -0.490 e. The molecule has 1 aliphatic rings. The first kappa shape index (κ1) is 12.4. The van der Waals surface area contributed by atoms with Crippen LogP contribution < -0.4 is 14.8 Å². The van der Waals surface area contributed by atoms with Crippen LogP contribution in [0.3, 0.4) is 0 Å². The molecule has 0 bridgehead atoms. The number of hydrogen-bond donors (Lipinski definition) is 1. The van der Waals surface area contributed by atoms with E-state index in [9.17, 15) is 0 Å². The quantitative estimate of drug-likeness (QED) is 0.936. The highest BCUT2D eigenvalue weighted by Gasteiger charge is 2.12. The maximum absolute atomic E-state index is 5.70. The molecule has 1 aromatic carbocycles. The second-order valence-corrected chi connectivity index (χ2v) is 5.31. The lowest BCUT2D eigenvalue weighted by Gasteiger charge is -2.08. The highest BCUT2D eigenvalue weighted by Crippen LogP contribution is 2.34. The van der Waals surface area contributed by atoms with Crippen LogP contribution in [0, 0.1) is 0 Å². The van der Waals surface area contributed by atoms with Gasteiger partial charge in [0, 0.05) is 23.9 Å². The molecule has 1 aromatic heterocycles. The number of ether oxygens (including phenoxy) is 2. The Hall–Kier alpha value is -1.59. The van der Waals surface area contributed by atoms with Gasteiger partial charge in [-0.15, -0.1) is 11.3 Å². The average molecular weight is 276 g/mol. The molecule has 0 radical (unpaired) electrons. The summed E-state index contributed by atoms with van der Waals surface area (Å²) in [7, 11) is 1.93. The van der Waals surface area contributed by atoms with E-state index in [-0.39, 0.29) is 0 Å². The number of aromatic nitrogens is 1. The zero-order valence-electron chi connectivity index (χ0n) is 10.8.